The van der Waals surface area contributed by atoms with Crippen molar-refractivity contribution in [3.63, 3.8) is 0 Å². The van der Waals surface area contributed by atoms with E-state index in [1.807, 2.05) is 0 Å². The molecule has 3 aromatic carbocycles. The number of para-hydroxylation sites is 1. The summed E-state index contributed by atoms with van der Waals surface area (Å²) in [5.41, 5.74) is 0.853. The number of carbonyl (C=O) groups is 1. The first-order chi connectivity index (χ1) is 16.6. The Morgan fingerprint density at radius 3 is 2.34 bits per heavy atom. The predicted octanol–water partition coefficient (Wildman–Crippen LogP) is 6.56. The highest BCUT2D eigenvalue weighted by Gasteiger charge is 2.31. The second-order valence-electron chi connectivity index (χ2n) is 7.46. The highest BCUT2D eigenvalue weighted by molar-refractivity contribution is 5.91. The highest BCUT2D eigenvalue weighted by atomic mass is 19.4. The quantitative estimate of drug-likeness (QED) is 0.248. The molecule has 35 heavy (non-hydrogen) atoms. The SMILES string of the molecule is Cc1cc(OC(F)(F)F)ccc1-c1c(Oc2ccc(/C=C/C(=O)O)cc2)c2ccccc2oc1=O. The Kier molecular flexibility index (Phi) is 6.33. The van der Waals surface area contributed by atoms with Crippen LogP contribution in [0, 0.1) is 6.92 Å². The van der Waals surface area contributed by atoms with Gasteiger partial charge in [0.1, 0.15) is 22.6 Å². The van der Waals surface area contributed by atoms with Crippen molar-refractivity contribution in [3.8, 4) is 28.4 Å². The maximum Gasteiger partial charge on any atom is 0.573 e. The molecular weight excluding hydrogens is 465 g/mol. The summed E-state index contributed by atoms with van der Waals surface area (Å²) in [6.07, 6.45) is -2.44. The number of hydrogen-bond acceptors (Lipinski definition) is 5. The fraction of sp³-hybridized carbons (Fsp3) is 0.0769. The first kappa shape index (κ1) is 23.6. The Balaban J connectivity index is 1.82. The number of aryl methyl sites for hydroxylation is 1. The molecule has 9 heteroatoms. The van der Waals surface area contributed by atoms with Crippen LogP contribution in [0.4, 0.5) is 13.2 Å². The fourth-order valence-corrected chi connectivity index (χ4v) is 3.51. The Morgan fingerprint density at radius 2 is 1.69 bits per heavy atom. The molecule has 4 rings (SSSR count). The van der Waals surface area contributed by atoms with E-state index in [1.54, 1.807) is 55.5 Å². The highest BCUT2D eigenvalue weighted by Crippen LogP contribution is 2.39. The van der Waals surface area contributed by atoms with Crippen LogP contribution in [0.25, 0.3) is 28.2 Å². The van der Waals surface area contributed by atoms with Crippen LogP contribution in [0.3, 0.4) is 0 Å². The average Bonchev–Trinajstić information content (AvgIpc) is 2.78. The Bertz CT molecular complexity index is 1480. The van der Waals surface area contributed by atoms with Crippen molar-refractivity contribution in [2.24, 2.45) is 0 Å². The number of benzene rings is 3. The molecule has 1 N–H and O–H groups in total. The smallest absolute Gasteiger partial charge is 0.478 e. The zero-order chi connectivity index (χ0) is 25.2. The number of halogens is 3. The lowest BCUT2D eigenvalue weighted by Crippen LogP contribution is -2.17. The van der Waals surface area contributed by atoms with E-state index in [2.05, 4.69) is 4.74 Å². The molecule has 0 unspecified atom stereocenters. The van der Waals surface area contributed by atoms with Crippen molar-refractivity contribution in [2.45, 2.75) is 13.3 Å². The minimum Gasteiger partial charge on any atom is -0.478 e. The van der Waals surface area contributed by atoms with Crippen molar-refractivity contribution in [1.82, 2.24) is 0 Å². The Hall–Kier alpha value is -4.53. The molecule has 0 aliphatic carbocycles. The lowest BCUT2D eigenvalue weighted by molar-refractivity contribution is -0.274. The summed E-state index contributed by atoms with van der Waals surface area (Å²) in [4.78, 5) is 23.7. The maximum absolute atomic E-state index is 13.0. The van der Waals surface area contributed by atoms with Gasteiger partial charge < -0.3 is 19.0 Å². The summed E-state index contributed by atoms with van der Waals surface area (Å²) in [6.45, 7) is 1.54. The molecule has 6 nitrogen and oxygen atoms in total. The van der Waals surface area contributed by atoms with E-state index >= 15 is 0 Å². The van der Waals surface area contributed by atoms with Crippen molar-refractivity contribution >= 4 is 23.0 Å². The van der Waals surface area contributed by atoms with Gasteiger partial charge in [-0.25, -0.2) is 9.59 Å². The molecule has 1 heterocycles. The number of hydrogen-bond donors (Lipinski definition) is 1. The Labute approximate surface area is 196 Å². The van der Waals surface area contributed by atoms with Gasteiger partial charge in [0.15, 0.2) is 5.75 Å². The maximum atomic E-state index is 13.0. The van der Waals surface area contributed by atoms with Gasteiger partial charge in [0.2, 0.25) is 0 Å². The monoisotopic (exact) mass is 482 g/mol. The van der Waals surface area contributed by atoms with Crippen molar-refractivity contribution in [2.75, 3.05) is 0 Å². The molecule has 0 atom stereocenters. The molecule has 0 amide bonds. The first-order valence-electron chi connectivity index (χ1n) is 10.2. The number of fused-ring (bicyclic) bond motifs is 1. The molecule has 0 radical (unpaired) electrons. The summed E-state index contributed by atoms with van der Waals surface area (Å²) in [7, 11) is 0. The standard InChI is InChI=1S/C26H17F3O6/c1-15-14-18(35-26(27,28)29)11-12-19(15)23-24(20-4-2-3-5-21(20)34-25(23)32)33-17-9-6-16(7-10-17)8-13-22(30)31/h2-14H,1H3,(H,30,31)/b13-8+. The van der Waals surface area contributed by atoms with Gasteiger partial charge >= 0.3 is 18.0 Å². The average molecular weight is 482 g/mol. The second kappa shape index (κ2) is 9.38. The molecule has 0 saturated carbocycles. The van der Waals surface area contributed by atoms with Gasteiger partial charge in [-0.3, -0.25) is 0 Å². The van der Waals surface area contributed by atoms with E-state index in [0.717, 1.165) is 12.1 Å². The third kappa shape index (κ3) is 5.52. The number of alkyl halides is 3. The lowest BCUT2D eigenvalue weighted by atomic mass is 9.99. The van der Waals surface area contributed by atoms with Gasteiger partial charge in [0.05, 0.1) is 5.39 Å². The van der Waals surface area contributed by atoms with Gasteiger partial charge in [0, 0.05) is 6.08 Å². The van der Waals surface area contributed by atoms with Crippen LogP contribution in [0.5, 0.6) is 17.2 Å². The van der Waals surface area contributed by atoms with E-state index in [9.17, 15) is 22.8 Å². The molecule has 0 saturated heterocycles. The van der Waals surface area contributed by atoms with Gasteiger partial charge in [0.25, 0.3) is 0 Å². The van der Waals surface area contributed by atoms with E-state index in [4.69, 9.17) is 14.3 Å². The van der Waals surface area contributed by atoms with Crippen LogP contribution in [-0.4, -0.2) is 17.4 Å². The van der Waals surface area contributed by atoms with E-state index < -0.39 is 23.7 Å². The summed E-state index contributed by atoms with van der Waals surface area (Å²) in [5.74, 6) is -0.988. The first-order valence-corrected chi connectivity index (χ1v) is 10.2. The van der Waals surface area contributed by atoms with Crippen LogP contribution in [-0.2, 0) is 4.79 Å². The molecule has 0 spiro atoms. The summed E-state index contributed by atoms with van der Waals surface area (Å²) in [6, 6.07) is 16.8. The van der Waals surface area contributed by atoms with Crippen LogP contribution < -0.4 is 15.1 Å². The zero-order valence-electron chi connectivity index (χ0n) is 18.1. The van der Waals surface area contributed by atoms with Crippen molar-refractivity contribution in [3.05, 3.63) is 94.4 Å². The third-order valence-corrected chi connectivity index (χ3v) is 4.98. The number of carboxylic acids is 1. The zero-order valence-corrected chi connectivity index (χ0v) is 18.1. The molecule has 0 fully saturated rings. The van der Waals surface area contributed by atoms with Crippen LogP contribution in [0.15, 0.2) is 82.0 Å². The third-order valence-electron chi connectivity index (χ3n) is 4.98. The van der Waals surface area contributed by atoms with Crippen LogP contribution in [0.2, 0.25) is 0 Å². The van der Waals surface area contributed by atoms with E-state index in [1.165, 1.54) is 18.2 Å². The minimum absolute atomic E-state index is 0.0367. The van der Waals surface area contributed by atoms with Gasteiger partial charge in [-0.05, 0) is 66.1 Å². The molecule has 0 bridgehead atoms. The number of ether oxygens (including phenoxy) is 2. The Morgan fingerprint density at radius 1 is 1.00 bits per heavy atom. The summed E-state index contributed by atoms with van der Waals surface area (Å²) < 4.78 is 53.4. The van der Waals surface area contributed by atoms with Crippen LogP contribution in [0.1, 0.15) is 11.1 Å². The molecule has 4 aromatic rings. The number of aliphatic carboxylic acids is 1. The summed E-state index contributed by atoms with van der Waals surface area (Å²) >= 11 is 0. The number of rotatable bonds is 6. The van der Waals surface area contributed by atoms with Crippen molar-refractivity contribution < 1.29 is 37.0 Å². The second-order valence-corrected chi connectivity index (χ2v) is 7.46. The van der Waals surface area contributed by atoms with E-state index in [0.29, 0.717) is 27.8 Å². The van der Waals surface area contributed by atoms with Gasteiger partial charge in [-0.2, -0.15) is 0 Å². The normalized spacial score (nSPS) is 11.7. The fourth-order valence-electron chi connectivity index (χ4n) is 3.51. The molecule has 178 valence electrons. The molecule has 1 aromatic heterocycles. The molecule has 0 aliphatic rings. The van der Waals surface area contributed by atoms with E-state index in [-0.39, 0.29) is 16.9 Å². The summed E-state index contributed by atoms with van der Waals surface area (Å²) in [5, 5.41) is 9.25. The topological polar surface area (TPSA) is 86.0 Å². The number of carboxylic acid groups (broad SMARTS) is 1. The van der Waals surface area contributed by atoms with Crippen molar-refractivity contribution in [1.29, 1.82) is 0 Å². The molecule has 0 aliphatic heterocycles. The largest absolute Gasteiger partial charge is 0.573 e. The van der Waals surface area contributed by atoms with Gasteiger partial charge in [-0.15, -0.1) is 13.2 Å². The lowest BCUT2D eigenvalue weighted by Gasteiger charge is -2.16. The molecular formula is C26H17F3O6. The minimum atomic E-state index is -4.85. The van der Waals surface area contributed by atoms with Gasteiger partial charge in [-0.1, -0.05) is 30.3 Å². The predicted molar refractivity (Wildman–Crippen MR) is 123 cm³/mol. The van der Waals surface area contributed by atoms with Crippen LogP contribution >= 0.6 is 0 Å².